The van der Waals surface area contributed by atoms with Crippen molar-refractivity contribution in [3.63, 3.8) is 0 Å². The van der Waals surface area contributed by atoms with Crippen molar-refractivity contribution < 1.29 is 9.21 Å². The van der Waals surface area contributed by atoms with Crippen molar-refractivity contribution in [2.75, 3.05) is 11.1 Å². The van der Waals surface area contributed by atoms with E-state index in [-0.39, 0.29) is 17.7 Å². The third-order valence-electron chi connectivity index (χ3n) is 3.39. The van der Waals surface area contributed by atoms with Crippen LogP contribution in [0.4, 0.5) is 5.13 Å². The first-order chi connectivity index (χ1) is 12.0. The maximum atomic E-state index is 12.1. The van der Waals surface area contributed by atoms with E-state index in [1.165, 1.54) is 23.1 Å². The van der Waals surface area contributed by atoms with E-state index in [0.29, 0.717) is 10.3 Å². The highest BCUT2D eigenvalue weighted by Gasteiger charge is 2.20. The van der Waals surface area contributed by atoms with Crippen molar-refractivity contribution >= 4 is 34.1 Å². The van der Waals surface area contributed by atoms with Crippen LogP contribution < -0.4 is 5.32 Å². The van der Waals surface area contributed by atoms with E-state index < -0.39 is 0 Å². The highest BCUT2D eigenvalue weighted by molar-refractivity contribution is 7.99. The van der Waals surface area contributed by atoms with Gasteiger partial charge in [0.25, 0.3) is 0 Å². The molecule has 8 nitrogen and oxygen atoms in total. The molecule has 1 amide bonds. The molecule has 0 aliphatic heterocycles. The number of thioether (sulfide) groups is 1. The molecule has 25 heavy (non-hydrogen) atoms. The zero-order valence-corrected chi connectivity index (χ0v) is 15.9. The topological polar surface area (TPSA) is 98.7 Å². The van der Waals surface area contributed by atoms with Crippen molar-refractivity contribution in [3.05, 3.63) is 23.1 Å². The smallest absolute Gasteiger partial charge is 0.236 e. The summed E-state index contributed by atoms with van der Waals surface area (Å²) in [7, 11) is 0. The Bertz CT molecular complexity index is 882. The summed E-state index contributed by atoms with van der Waals surface area (Å²) >= 11 is 2.68. The van der Waals surface area contributed by atoms with Crippen molar-refractivity contribution in [3.8, 4) is 11.4 Å². The van der Waals surface area contributed by atoms with Crippen LogP contribution in [0.3, 0.4) is 0 Å². The standard InChI is InChI=1S/C15H18N6O2S2/c1-8(2)21-13(11-5-6-23-9(11)3)18-20-15(21)24-7-12(22)16-14-19-17-10(4)25-14/h5-6,8H,7H2,1-4H3,(H,16,19,22). The molecule has 3 aromatic rings. The highest BCUT2D eigenvalue weighted by Crippen LogP contribution is 2.30. The number of anilines is 1. The van der Waals surface area contributed by atoms with Crippen LogP contribution in [0, 0.1) is 13.8 Å². The minimum absolute atomic E-state index is 0.149. The number of carbonyl (C=O) groups excluding carboxylic acids is 1. The Labute approximate surface area is 153 Å². The number of nitrogens with one attached hydrogen (secondary N) is 1. The molecule has 1 N–H and O–H groups in total. The molecule has 3 aromatic heterocycles. The van der Waals surface area contributed by atoms with Crippen LogP contribution in [0.25, 0.3) is 11.4 Å². The fraction of sp³-hybridized carbons (Fsp3) is 0.400. The van der Waals surface area contributed by atoms with Crippen LogP contribution >= 0.6 is 23.1 Å². The average molecular weight is 378 g/mol. The van der Waals surface area contributed by atoms with E-state index in [4.69, 9.17) is 4.42 Å². The first-order valence-electron chi connectivity index (χ1n) is 7.68. The fourth-order valence-electron chi connectivity index (χ4n) is 2.27. The molecule has 0 atom stereocenters. The zero-order chi connectivity index (χ0) is 18.0. The number of nitrogens with zero attached hydrogens (tertiary/aromatic N) is 5. The maximum Gasteiger partial charge on any atom is 0.236 e. The van der Waals surface area contributed by atoms with Crippen LogP contribution in [0.2, 0.25) is 0 Å². The Morgan fingerprint density at radius 2 is 2.12 bits per heavy atom. The second-order valence-corrected chi connectivity index (χ2v) is 7.75. The summed E-state index contributed by atoms with van der Waals surface area (Å²) in [4.78, 5) is 12.1. The number of hydrogen-bond donors (Lipinski definition) is 1. The second kappa shape index (κ2) is 7.36. The Hall–Kier alpha value is -2.20. The van der Waals surface area contributed by atoms with E-state index >= 15 is 0 Å². The lowest BCUT2D eigenvalue weighted by Gasteiger charge is -2.13. The van der Waals surface area contributed by atoms with Gasteiger partial charge in [-0.15, -0.1) is 20.4 Å². The molecular formula is C15H18N6O2S2. The molecule has 0 radical (unpaired) electrons. The van der Waals surface area contributed by atoms with Crippen LogP contribution in [0.15, 0.2) is 21.9 Å². The van der Waals surface area contributed by atoms with Gasteiger partial charge in [0.05, 0.1) is 17.6 Å². The average Bonchev–Trinajstić information content (AvgIpc) is 3.25. The van der Waals surface area contributed by atoms with Gasteiger partial charge in [0.15, 0.2) is 11.0 Å². The molecule has 0 fully saturated rings. The molecule has 10 heteroatoms. The molecule has 3 heterocycles. The van der Waals surface area contributed by atoms with E-state index in [9.17, 15) is 4.79 Å². The summed E-state index contributed by atoms with van der Waals surface area (Å²) in [5.74, 6) is 1.59. The van der Waals surface area contributed by atoms with E-state index in [1.54, 1.807) is 6.26 Å². The first-order valence-corrected chi connectivity index (χ1v) is 9.48. The van der Waals surface area contributed by atoms with Crippen molar-refractivity contribution in [2.45, 2.75) is 38.9 Å². The molecule has 0 bridgehead atoms. The van der Waals surface area contributed by atoms with Gasteiger partial charge < -0.3 is 4.42 Å². The lowest BCUT2D eigenvalue weighted by molar-refractivity contribution is -0.113. The van der Waals surface area contributed by atoms with Crippen molar-refractivity contribution in [2.24, 2.45) is 0 Å². The SMILES string of the molecule is Cc1nnc(NC(=O)CSc2nnc(-c3ccoc3C)n2C(C)C)s1. The number of furan rings is 1. The Morgan fingerprint density at radius 3 is 2.72 bits per heavy atom. The Kier molecular flexibility index (Phi) is 5.19. The van der Waals surface area contributed by atoms with E-state index in [2.05, 4.69) is 39.6 Å². The lowest BCUT2D eigenvalue weighted by atomic mass is 10.2. The highest BCUT2D eigenvalue weighted by atomic mass is 32.2. The second-order valence-electron chi connectivity index (χ2n) is 5.62. The van der Waals surface area contributed by atoms with Crippen molar-refractivity contribution in [1.29, 1.82) is 0 Å². The number of rotatable bonds is 6. The van der Waals surface area contributed by atoms with Gasteiger partial charge in [-0.25, -0.2) is 0 Å². The lowest BCUT2D eigenvalue weighted by Crippen LogP contribution is -2.15. The van der Waals surface area contributed by atoms with Gasteiger partial charge in [-0.05, 0) is 33.8 Å². The minimum Gasteiger partial charge on any atom is -0.469 e. The number of aryl methyl sites for hydroxylation is 2. The van der Waals surface area contributed by atoms with Crippen molar-refractivity contribution in [1.82, 2.24) is 25.0 Å². The number of hydrogen-bond acceptors (Lipinski definition) is 8. The van der Waals surface area contributed by atoms with Crippen LogP contribution in [-0.4, -0.2) is 36.6 Å². The fourth-order valence-corrected chi connectivity index (χ4v) is 3.75. The van der Waals surface area contributed by atoms with Gasteiger partial charge in [-0.2, -0.15) is 0 Å². The molecule has 0 aromatic carbocycles. The molecule has 0 aliphatic carbocycles. The van der Waals surface area contributed by atoms with Gasteiger partial charge in [-0.3, -0.25) is 14.7 Å². The Morgan fingerprint density at radius 1 is 1.32 bits per heavy atom. The van der Waals surface area contributed by atoms with Crippen LogP contribution in [0.1, 0.15) is 30.7 Å². The summed E-state index contributed by atoms with van der Waals surface area (Å²) in [5, 5.41) is 21.0. The van der Waals surface area contributed by atoms with Gasteiger partial charge in [0, 0.05) is 6.04 Å². The largest absolute Gasteiger partial charge is 0.469 e. The first kappa shape index (κ1) is 17.6. The monoisotopic (exact) mass is 378 g/mol. The summed E-state index contributed by atoms with van der Waals surface area (Å²) in [6.07, 6.45) is 1.63. The van der Waals surface area contributed by atoms with Gasteiger partial charge in [0.1, 0.15) is 10.8 Å². The molecule has 0 unspecified atom stereocenters. The molecular weight excluding hydrogens is 360 g/mol. The van der Waals surface area contributed by atoms with Gasteiger partial charge in [0.2, 0.25) is 11.0 Å². The number of carbonyl (C=O) groups is 1. The number of aromatic nitrogens is 5. The van der Waals surface area contributed by atoms with Crippen LogP contribution in [-0.2, 0) is 4.79 Å². The summed E-state index contributed by atoms with van der Waals surface area (Å²) in [6, 6.07) is 2.02. The quantitative estimate of drug-likeness (QED) is 0.657. The molecule has 3 rings (SSSR count). The van der Waals surface area contributed by atoms with Gasteiger partial charge in [-0.1, -0.05) is 23.1 Å². The summed E-state index contributed by atoms with van der Waals surface area (Å²) < 4.78 is 7.37. The van der Waals surface area contributed by atoms with Crippen LogP contribution in [0.5, 0.6) is 0 Å². The molecule has 0 aliphatic rings. The normalized spacial score (nSPS) is 11.2. The molecule has 0 saturated carbocycles. The Balaban J connectivity index is 1.73. The van der Waals surface area contributed by atoms with E-state index in [0.717, 1.165) is 22.2 Å². The predicted molar refractivity (Wildman–Crippen MR) is 96.8 cm³/mol. The maximum absolute atomic E-state index is 12.1. The summed E-state index contributed by atoms with van der Waals surface area (Å²) in [5.41, 5.74) is 0.904. The molecule has 0 spiro atoms. The van der Waals surface area contributed by atoms with Gasteiger partial charge >= 0.3 is 0 Å². The third-order valence-corrected chi connectivity index (χ3v) is 5.08. The molecule has 0 saturated heterocycles. The minimum atomic E-state index is -0.152. The number of amides is 1. The zero-order valence-electron chi connectivity index (χ0n) is 14.3. The summed E-state index contributed by atoms with van der Waals surface area (Å²) in [6.45, 7) is 7.83. The molecule has 132 valence electrons. The predicted octanol–water partition coefficient (Wildman–Crippen LogP) is 3.32. The van der Waals surface area contributed by atoms with E-state index in [1.807, 2.05) is 24.5 Å². The third kappa shape index (κ3) is 3.90.